The van der Waals surface area contributed by atoms with Gasteiger partial charge in [-0.15, -0.1) is 0 Å². The number of hydrogen-bond donors (Lipinski definition) is 1. The molecule has 0 fully saturated rings. The zero-order chi connectivity index (χ0) is 30.7. The van der Waals surface area contributed by atoms with Crippen molar-refractivity contribution in [2.24, 2.45) is 10.7 Å². The molecule has 2 atom stereocenters. The summed E-state index contributed by atoms with van der Waals surface area (Å²) in [5.41, 5.74) is 4.52. The summed E-state index contributed by atoms with van der Waals surface area (Å²) in [5.74, 6) is -25.3. The van der Waals surface area contributed by atoms with Crippen molar-refractivity contribution in [2.75, 3.05) is 0 Å². The molecule has 0 radical (unpaired) electrons. The first kappa shape index (κ1) is 32.5. The van der Waals surface area contributed by atoms with E-state index in [0.717, 1.165) is 0 Å². The van der Waals surface area contributed by atoms with E-state index in [1.54, 1.807) is 0 Å². The maximum absolute atomic E-state index is 14.7. The third-order valence-corrected chi connectivity index (χ3v) is 5.12. The lowest BCUT2D eigenvalue weighted by molar-refractivity contribution is -0.547. The number of aliphatic imine (C=N–C) groups is 1. The van der Waals surface area contributed by atoms with Crippen LogP contribution in [0.15, 0.2) is 29.3 Å². The average Bonchev–Trinajstić information content (AvgIpc) is 3.12. The number of alkyl halides is 17. The van der Waals surface area contributed by atoms with Crippen molar-refractivity contribution in [3.63, 3.8) is 0 Å². The molecule has 1 aromatic carbocycles. The molecule has 222 valence electrons. The molecule has 0 saturated carbocycles. The maximum atomic E-state index is 14.7. The van der Waals surface area contributed by atoms with E-state index in [2.05, 4.69) is 20.4 Å². The Kier molecular flexibility index (Phi) is 7.88. The van der Waals surface area contributed by atoms with Crippen molar-refractivity contribution in [3.8, 4) is 0 Å². The molecule has 0 bridgehead atoms. The quantitative estimate of drug-likeness (QED) is 0.192. The first-order chi connectivity index (χ1) is 17.1. The van der Waals surface area contributed by atoms with Crippen molar-refractivity contribution in [1.82, 2.24) is 4.98 Å². The Labute approximate surface area is 206 Å². The van der Waals surface area contributed by atoms with Gasteiger partial charge in [0.05, 0.1) is 10.2 Å². The van der Waals surface area contributed by atoms with Crippen LogP contribution < -0.4 is 5.73 Å². The third kappa shape index (κ3) is 5.64. The van der Waals surface area contributed by atoms with E-state index in [1.165, 1.54) is 29.0 Å². The van der Waals surface area contributed by atoms with Crippen LogP contribution in [0, 0.1) is 0 Å². The summed E-state index contributed by atoms with van der Waals surface area (Å²) < 4.78 is 228. The van der Waals surface area contributed by atoms with Crippen LogP contribution in [0.1, 0.15) is 0 Å². The van der Waals surface area contributed by atoms with E-state index in [4.69, 9.17) is 0 Å². The number of ether oxygens (including phenoxy) is 2. The Morgan fingerprint density at radius 3 is 1.64 bits per heavy atom. The van der Waals surface area contributed by atoms with E-state index >= 15 is 0 Å². The van der Waals surface area contributed by atoms with Gasteiger partial charge in [-0.05, 0) is 12.1 Å². The molecule has 0 spiro atoms. The van der Waals surface area contributed by atoms with E-state index in [0.29, 0.717) is 0 Å². The topological polar surface area (TPSA) is 69.7 Å². The molecule has 0 saturated heterocycles. The molecule has 0 aliphatic carbocycles. The van der Waals surface area contributed by atoms with Crippen LogP contribution >= 0.6 is 11.3 Å². The minimum atomic E-state index is -8.00. The highest BCUT2D eigenvalue weighted by molar-refractivity contribution is 7.22. The van der Waals surface area contributed by atoms with E-state index in [-0.39, 0.29) is 21.6 Å². The van der Waals surface area contributed by atoms with Crippen LogP contribution in [0.2, 0.25) is 0 Å². The number of nitrogens with zero attached hydrogens (tertiary/aromatic N) is 2. The molecule has 0 unspecified atom stereocenters. The summed E-state index contributed by atoms with van der Waals surface area (Å²) in [5, 5.41) is -1.01. The van der Waals surface area contributed by atoms with Gasteiger partial charge in [-0.2, -0.15) is 79.6 Å². The summed E-state index contributed by atoms with van der Waals surface area (Å²) in [6.45, 7) is 0. The van der Waals surface area contributed by atoms with Crippen molar-refractivity contribution in [1.29, 1.82) is 0 Å². The van der Waals surface area contributed by atoms with Crippen LogP contribution in [-0.2, 0) is 9.47 Å². The Balaban J connectivity index is 2.64. The first-order valence-electron chi connectivity index (χ1n) is 8.95. The number of aromatic nitrogens is 1. The van der Waals surface area contributed by atoms with Gasteiger partial charge in [0.1, 0.15) is 0 Å². The van der Waals surface area contributed by atoms with Crippen molar-refractivity contribution in [3.05, 3.63) is 24.3 Å². The molecule has 2 N–H and O–H groups in total. The second kappa shape index (κ2) is 9.45. The smallest absolute Gasteiger partial charge is 0.382 e. The lowest BCUT2D eigenvalue weighted by Gasteiger charge is -2.40. The van der Waals surface area contributed by atoms with Crippen LogP contribution in [0.3, 0.4) is 0 Å². The van der Waals surface area contributed by atoms with Gasteiger partial charge >= 0.3 is 48.4 Å². The minimum absolute atomic E-state index is 0.0767. The summed E-state index contributed by atoms with van der Waals surface area (Å²) in [4.78, 5) is 6.03. The molecule has 2 aromatic rings. The van der Waals surface area contributed by atoms with Gasteiger partial charge in [-0.3, -0.25) is 9.47 Å². The Morgan fingerprint density at radius 2 is 1.21 bits per heavy atom. The van der Waals surface area contributed by atoms with Gasteiger partial charge in [0.15, 0.2) is 5.84 Å². The normalized spacial score (nSPS) is 18.2. The predicted octanol–water partition coefficient (Wildman–Crippen LogP) is 7.16. The van der Waals surface area contributed by atoms with Gasteiger partial charge in [-0.1, -0.05) is 23.5 Å². The second-order valence-electron chi connectivity index (χ2n) is 6.96. The Morgan fingerprint density at radius 1 is 0.692 bits per heavy atom. The van der Waals surface area contributed by atoms with Crippen molar-refractivity contribution in [2.45, 2.75) is 48.4 Å². The van der Waals surface area contributed by atoms with Crippen LogP contribution in [0.4, 0.5) is 79.8 Å². The van der Waals surface area contributed by atoms with E-state index in [1.807, 2.05) is 0 Å². The van der Waals surface area contributed by atoms with Crippen LogP contribution in [-0.4, -0.2) is 59.2 Å². The number of halogens is 17. The molecule has 2 rings (SSSR count). The fourth-order valence-corrected chi connectivity index (χ4v) is 3.12. The number of hydrogen-bond acceptors (Lipinski definition) is 5. The fraction of sp³-hybridized carbons (Fsp3) is 0.500. The molecular formula is C16H6F17N3O2S. The zero-order valence-electron chi connectivity index (χ0n) is 17.4. The number of fused-ring (bicyclic) bond motifs is 1. The summed E-state index contributed by atoms with van der Waals surface area (Å²) in [6, 6.07) is 5.03. The Hall–Kier alpha value is -2.69. The molecule has 39 heavy (non-hydrogen) atoms. The minimum Gasteiger partial charge on any atom is -0.382 e. The van der Waals surface area contributed by atoms with E-state index in [9.17, 15) is 74.6 Å². The second-order valence-corrected chi connectivity index (χ2v) is 7.97. The highest BCUT2D eigenvalue weighted by atomic mass is 32.1. The summed E-state index contributed by atoms with van der Waals surface area (Å²) >= 11 is 0.270. The number of para-hydroxylation sites is 1. The average molecular weight is 627 g/mol. The van der Waals surface area contributed by atoms with Gasteiger partial charge < -0.3 is 5.73 Å². The van der Waals surface area contributed by atoms with E-state index < -0.39 is 59.3 Å². The van der Waals surface area contributed by atoms with Gasteiger partial charge in [0, 0.05) is 0 Å². The fourth-order valence-electron chi connectivity index (χ4n) is 2.27. The summed E-state index contributed by atoms with van der Waals surface area (Å²) in [7, 11) is 0. The lowest BCUT2D eigenvalue weighted by Crippen LogP contribution is -2.68. The number of thiazole rings is 1. The maximum Gasteiger partial charge on any atom is 0.462 e. The zero-order valence-corrected chi connectivity index (χ0v) is 18.2. The standard InChI is InChI=1S/C16H6F17N3O2S/c17-9(12(21,22)23,7(34)36-8-35-5-3-1-2-4-6(5)39-8)37-16(32,33)11(20,14(27,28)29)38-15(30,31)10(18,19)13(24,25)26/h1-4H,(H2,34,35,36)/t9-,11-/m1/s1. The van der Waals surface area contributed by atoms with Gasteiger partial charge in [0.25, 0.3) is 0 Å². The molecule has 23 heteroatoms. The Bertz CT molecular complexity index is 1190. The number of amidine groups is 1. The summed E-state index contributed by atoms with van der Waals surface area (Å²) in [6.07, 6.45) is -38.3. The van der Waals surface area contributed by atoms with Crippen LogP contribution in [0.25, 0.3) is 10.2 Å². The lowest BCUT2D eigenvalue weighted by atomic mass is 10.2. The van der Waals surface area contributed by atoms with Gasteiger partial charge in [0.2, 0.25) is 5.13 Å². The SMILES string of the molecule is NC(=Nc1nc2ccccc2s1)[C@@](F)(OC(F)(F)[C@](F)(OC(F)(F)C(F)(F)C(F)(F)F)C(F)(F)F)C(F)(F)F. The molecule has 0 aliphatic heterocycles. The molecule has 5 nitrogen and oxygen atoms in total. The third-order valence-electron chi connectivity index (χ3n) is 4.19. The largest absolute Gasteiger partial charge is 0.462 e. The molecule has 0 aliphatic rings. The number of rotatable bonds is 8. The predicted molar refractivity (Wildman–Crippen MR) is 93.8 cm³/mol. The molecular weight excluding hydrogens is 621 g/mol. The first-order valence-corrected chi connectivity index (χ1v) is 9.76. The number of nitrogens with two attached hydrogens (primary N) is 1. The van der Waals surface area contributed by atoms with Crippen molar-refractivity contribution >= 4 is 32.5 Å². The van der Waals surface area contributed by atoms with Crippen molar-refractivity contribution < 1.29 is 84.1 Å². The monoisotopic (exact) mass is 627 g/mol. The number of benzene rings is 1. The highest BCUT2D eigenvalue weighted by Gasteiger charge is 2.85. The van der Waals surface area contributed by atoms with Crippen LogP contribution in [0.5, 0.6) is 0 Å². The van der Waals surface area contributed by atoms with Gasteiger partial charge in [-0.25, -0.2) is 4.98 Å². The molecule has 0 amide bonds. The molecule has 1 aromatic heterocycles. The highest BCUT2D eigenvalue weighted by Crippen LogP contribution is 2.56. The molecule has 1 heterocycles.